The van der Waals surface area contributed by atoms with E-state index >= 15 is 0 Å². The van der Waals surface area contributed by atoms with Gasteiger partial charge in [0.25, 0.3) is 5.91 Å². The number of unbranched alkanes of at least 4 members (excludes halogenated alkanes) is 2. The summed E-state index contributed by atoms with van der Waals surface area (Å²) < 4.78 is 16.6. The van der Waals surface area contributed by atoms with Crippen LogP contribution in [0.15, 0.2) is 72.8 Å². The maximum absolute atomic E-state index is 11.9. The molecule has 1 aliphatic rings. The number of benzene rings is 3. The van der Waals surface area contributed by atoms with Crippen LogP contribution >= 0.6 is 11.6 Å². The number of alkyl halides is 1. The fourth-order valence-corrected chi connectivity index (χ4v) is 4.79. The third-order valence-corrected chi connectivity index (χ3v) is 7.31. The van der Waals surface area contributed by atoms with Gasteiger partial charge in [-0.25, -0.2) is 9.63 Å². The predicted octanol–water partition coefficient (Wildman–Crippen LogP) is 6.19. The monoisotopic (exact) mass is 567 g/mol. The topological polar surface area (TPSA) is 83.5 Å². The minimum Gasteiger partial charge on any atom is -0.497 e. The average molecular weight is 568 g/mol. The Morgan fingerprint density at radius 1 is 0.825 bits per heavy atom. The molecular formula is C31H34ClNO7. The highest BCUT2D eigenvalue weighted by Crippen LogP contribution is 2.44. The standard InChI is InChI=1S/C31H34ClNO7/c1-36-26-15-9-23(10-16-26)31(32,24-11-17-27(37-2)18-12-24)25-13-19-28(20-14-25)38-21-5-3-4-8-30(35)40-33-29(34)7-6-22-39-33/h9-20H,3-8,21-22H2,1-2H3. The summed E-state index contributed by atoms with van der Waals surface area (Å²) in [7, 11) is 3.27. The first kappa shape index (κ1) is 29.2. The van der Waals surface area contributed by atoms with Crippen molar-refractivity contribution >= 4 is 23.5 Å². The molecule has 0 unspecified atom stereocenters. The molecule has 0 atom stereocenters. The summed E-state index contributed by atoms with van der Waals surface area (Å²) in [6, 6.07) is 23.2. The highest BCUT2D eigenvalue weighted by atomic mass is 35.5. The molecule has 0 bridgehead atoms. The van der Waals surface area contributed by atoms with Crippen LogP contribution in [0.25, 0.3) is 0 Å². The van der Waals surface area contributed by atoms with Crippen molar-refractivity contribution < 1.29 is 33.5 Å². The number of carbonyl (C=O) groups is 2. The van der Waals surface area contributed by atoms with Crippen LogP contribution in [0.4, 0.5) is 0 Å². The van der Waals surface area contributed by atoms with Gasteiger partial charge in [0, 0.05) is 12.8 Å². The van der Waals surface area contributed by atoms with Crippen LogP contribution in [0.3, 0.4) is 0 Å². The van der Waals surface area contributed by atoms with Crippen molar-refractivity contribution in [1.82, 2.24) is 5.23 Å². The lowest BCUT2D eigenvalue weighted by atomic mass is 9.84. The number of amides is 1. The van der Waals surface area contributed by atoms with Crippen LogP contribution in [0.2, 0.25) is 0 Å². The first-order chi connectivity index (χ1) is 19.4. The van der Waals surface area contributed by atoms with E-state index in [2.05, 4.69) is 0 Å². The van der Waals surface area contributed by atoms with Crippen LogP contribution in [0.5, 0.6) is 17.2 Å². The molecule has 0 saturated carbocycles. The Labute approximate surface area is 239 Å². The second-order valence-electron chi connectivity index (χ2n) is 9.35. The molecule has 4 rings (SSSR count). The van der Waals surface area contributed by atoms with Crippen LogP contribution in [0.1, 0.15) is 55.2 Å². The van der Waals surface area contributed by atoms with E-state index in [0.717, 1.165) is 46.8 Å². The first-order valence-electron chi connectivity index (χ1n) is 13.3. The Hall–Kier alpha value is -3.75. The van der Waals surface area contributed by atoms with Crippen LogP contribution < -0.4 is 14.2 Å². The van der Waals surface area contributed by atoms with Gasteiger partial charge in [-0.3, -0.25) is 4.79 Å². The molecule has 9 heteroatoms. The van der Waals surface area contributed by atoms with Crippen LogP contribution in [-0.4, -0.2) is 44.5 Å². The van der Waals surface area contributed by atoms with Gasteiger partial charge < -0.3 is 19.0 Å². The van der Waals surface area contributed by atoms with E-state index in [-0.39, 0.29) is 12.3 Å². The van der Waals surface area contributed by atoms with E-state index in [9.17, 15) is 9.59 Å². The lowest BCUT2D eigenvalue weighted by Crippen LogP contribution is -2.37. The fraction of sp³-hybridized carbons (Fsp3) is 0.355. The van der Waals surface area contributed by atoms with Gasteiger partial charge in [0.05, 0.1) is 27.4 Å². The zero-order valence-corrected chi connectivity index (χ0v) is 23.5. The summed E-state index contributed by atoms with van der Waals surface area (Å²) in [5, 5.41) is 0.706. The summed E-state index contributed by atoms with van der Waals surface area (Å²) >= 11 is 7.43. The highest BCUT2D eigenvalue weighted by Gasteiger charge is 2.34. The van der Waals surface area contributed by atoms with E-state index in [4.69, 9.17) is 35.5 Å². The van der Waals surface area contributed by atoms with E-state index < -0.39 is 10.8 Å². The quantitative estimate of drug-likeness (QED) is 0.138. The number of ether oxygens (including phenoxy) is 3. The Morgan fingerprint density at radius 2 is 1.35 bits per heavy atom. The van der Waals surface area contributed by atoms with E-state index in [1.807, 2.05) is 72.8 Å². The molecule has 212 valence electrons. The van der Waals surface area contributed by atoms with Crippen molar-refractivity contribution in [2.75, 3.05) is 27.4 Å². The van der Waals surface area contributed by atoms with Crippen molar-refractivity contribution in [2.24, 2.45) is 0 Å². The van der Waals surface area contributed by atoms with Gasteiger partial charge in [0.1, 0.15) is 22.1 Å². The summed E-state index contributed by atoms with van der Waals surface area (Å²) in [6.45, 7) is 0.872. The first-order valence-corrected chi connectivity index (χ1v) is 13.7. The Morgan fingerprint density at radius 3 is 1.85 bits per heavy atom. The number of hydroxylamine groups is 2. The average Bonchev–Trinajstić information content (AvgIpc) is 3.00. The summed E-state index contributed by atoms with van der Waals surface area (Å²) in [4.78, 5) is 32.7. The third-order valence-electron chi connectivity index (χ3n) is 6.65. The molecule has 0 radical (unpaired) electrons. The van der Waals surface area contributed by atoms with Gasteiger partial charge in [-0.2, -0.15) is 0 Å². The number of carbonyl (C=O) groups excluding carboxylic acids is 2. The molecule has 0 spiro atoms. The largest absolute Gasteiger partial charge is 0.497 e. The second-order valence-corrected chi connectivity index (χ2v) is 9.92. The van der Waals surface area contributed by atoms with E-state index in [1.54, 1.807) is 14.2 Å². The van der Waals surface area contributed by atoms with E-state index in [0.29, 0.717) is 37.7 Å². The van der Waals surface area contributed by atoms with E-state index in [1.165, 1.54) is 0 Å². The second kappa shape index (κ2) is 14.1. The highest BCUT2D eigenvalue weighted by molar-refractivity contribution is 6.28. The zero-order chi connectivity index (χ0) is 28.4. The van der Waals surface area contributed by atoms with Gasteiger partial charge in [-0.1, -0.05) is 36.4 Å². The van der Waals surface area contributed by atoms with Gasteiger partial charge >= 0.3 is 5.97 Å². The number of rotatable bonds is 13. The molecule has 40 heavy (non-hydrogen) atoms. The number of halogens is 1. The molecule has 0 N–H and O–H groups in total. The SMILES string of the molecule is COc1ccc(C(Cl)(c2ccc(OC)cc2)c2ccc(OCCCCCC(=O)ON3OCCCC3=O)cc2)cc1. The maximum Gasteiger partial charge on any atom is 0.335 e. The molecule has 3 aromatic carbocycles. The maximum atomic E-state index is 11.9. The smallest absolute Gasteiger partial charge is 0.335 e. The van der Waals surface area contributed by atoms with Crippen molar-refractivity contribution in [1.29, 1.82) is 0 Å². The molecule has 0 aromatic heterocycles. The Balaban J connectivity index is 1.32. The lowest BCUT2D eigenvalue weighted by molar-refractivity contribution is -0.331. The predicted molar refractivity (Wildman–Crippen MR) is 150 cm³/mol. The zero-order valence-electron chi connectivity index (χ0n) is 22.8. The molecule has 1 fully saturated rings. The number of nitrogens with zero attached hydrogens (tertiary/aromatic N) is 1. The molecular weight excluding hydrogens is 534 g/mol. The molecule has 3 aromatic rings. The minimum absolute atomic E-state index is 0.205. The van der Waals surface area contributed by atoms with Gasteiger partial charge in [0.15, 0.2) is 0 Å². The van der Waals surface area contributed by atoms with Gasteiger partial charge in [-0.15, -0.1) is 11.6 Å². The van der Waals surface area contributed by atoms with Crippen molar-refractivity contribution in [3.63, 3.8) is 0 Å². The number of hydrogen-bond acceptors (Lipinski definition) is 7. The third kappa shape index (κ3) is 7.25. The number of hydrogen-bond donors (Lipinski definition) is 0. The Kier molecular flexibility index (Phi) is 10.3. The summed E-state index contributed by atoms with van der Waals surface area (Å²) in [6.07, 6.45) is 3.33. The van der Waals surface area contributed by atoms with Crippen LogP contribution in [0, 0.1) is 0 Å². The molecule has 1 amide bonds. The molecule has 1 saturated heterocycles. The lowest BCUT2D eigenvalue weighted by Gasteiger charge is -2.29. The fourth-order valence-electron chi connectivity index (χ4n) is 4.41. The summed E-state index contributed by atoms with van der Waals surface area (Å²) in [5.74, 6) is 1.42. The van der Waals surface area contributed by atoms with Crippen LogP contribution in [-0.2, 0) is 24.1 Å². The normalized spacial score (nSPS) is 13.6. The molecule has 1 aliphatic heterocycles. The summed E-state index contributed by atoms with van der Waals surface area (Å²) in [5.41, 5.74) is 2.71. The van der Waals surface area contributed by atoms with Crippen molar-refractivity contribution in [3.8, 4) is 17.2 Å². The van der Waals surface area contributed by atoms with Crippen molar-refractivity contribution in [3.05, 3.63) is 89.5 Å². The van der Waals surface area contributed by atoms with Gasteiger partial charge in [-0.05, 0) is 84.0 Å². The molecule has 1 heterocycles. The molecule has 0 aliphatic carbocycles. The van der Waals surface area contributed by atoms with Gasteiger partial charge in [0.2, 0.25) is 0 Å². The van der Waals surface area contributed by atoms with Crippen molar-refractivity contribution in [2.45, 2.75) is 43.4 Å². The minimum atomic E-state index is -0.935. The Bertz CT molecular complexity index is 1200. The number of methoxy groups -OCH3 is 2. The molecule has 8 nitrogen and oxygen atoms in total.